The van der Waals surface area contributed by atoms with Crippen molar-refractivity contribution in [3.63, 3.8) is 0 Å². The molecule has 2 aromatic carbocycles. The molecule has 0 aliphatic rings. The Morgan fingerprint density at radius 1 is 0.900 bits per heavy atom. The quantitative estimate of drug-likeness (QED) is 0.854. The highest BCUT2D eigenvalue weighted by Crippen LogP contribution is 2.27. The first-order valence-corrected chi connectivity index (χ1v) is 7.11. The van der Waals surface area contributed by atoms with Gasteiger partial charge in [-0.15, -0.1) is 0 Å². The summed E-state index contributed by atoms with van der Waals surface area (Å²) in [6.45, 7) is 8.51. The van der Waals surface area contributed by atoms with E-state index in [0.29, 0.717) is 5.92 Å². The van der Waals surface area contributed by atoms with Crippen molar-refractivity contribution in [2.24, 2.45) is 5.73 Å². The lowest BCUT2D eigenvalue weighted by Gasteiger charge is -2.13. The zero-order valence-electron chi connectivity index (χ0n) is 12.7. The molecule has 2 nitrogen and oxygen atoms in total. The van der Waals surface area contributed by atoms with E-state index in [0.717, 1.165) is 17.1 Å². The number of hydrogen-bond acceptors (Lipinski definition) is 2. The number of nitrogens with two attached hydrogens (primary N) is 1. The molecular formula is C18H23NO. The number of benzene rings is 2. The highest BCUT2D eigenvalue weighted by molar-refractivity contribution is 5.39. The predicted octanol–water partition coefficient (Wildman–Crippen LogP) is 4.93. The van der Waals surface area contributed by atoms with Crippen molar-refractivity contribution in [1.82, 2.24) is 0 Å². The third kappa shape index (κ3) is 3.40. The topological polar surface area (TPSA) is 35.2 Å². The second-order valence-electron chi connectivity index (χ2n) is 5.63. The fraction of sp³-hybridized carbons (Fsp3) is 0.333. The molecule has 106 valence electrons. The Labute approximate surface area is 121 Å². The Bertz CT molecular complexity index is 570. The zero-order chi connectivity index (χ0) is 14.7. The van der Waals surface area contributed by atoms with Gasteiger partial charge < -0.3 is 10.5 Å². The normalized spacial score (nSPS) is 12.5. The van der Waals surface area contributed by atoms with Crippen LogP contribution in [0.3, 0.4) is 0 Å². The fourth-order valence-corrected chi connectivity index (χ4v) is 2.33. The first kappa shape index (κ1) is 14.6. The van der Waals surface area contributed by atoms with E-state index in [-0.39, 0.29) is 6.04 Å². The largest absolute Gasteiger partial charge is 0.457 e. The molecule has 0 radical (unpaired) electrons. The van der Waals surface area contributed by atoms with Crippen LogP contribution in [0.15, 0.2) is 42.5 Å². The number of hydrogen-bond donors (Lipinski definition) is 1. The van der Waals surface area contributed by atoms with E-state index >= 15 is 0 Å². The summed E-state index contributed by atoms with van der Waals surface area (Å²) >= 11 is 0. The zero-order valence-corrected chi connectivity index (χ0v) is 12.7. The Morgan fingerprint density at radius 2 is 1.50 bits per heavy atom. The number of ether oxygens (including phenoxy) is 1. The van der Waals surface area contributed by atoms with Gasteiger partial charge in [0.1, 0.15) is 11.5 Å². The lowest BCUT2D eigenvalue weighted by atomic mass is 9.98. The van der Waals surface area contributed by atoms with Crippen LogP contribution in [0.5, 0.6) is 11.5 Å². The molecule has 0 bridgehead atoms. The van der Waals surface area contributed by atoms with Crippen molar-refractivity contribution >= 4 is 0 Å². The molecule has 1 atom stereocenters. The maximum atomic E-state index is 5.89. The molecule has 0 fully saturated rings. The van der Waals surface area contributed by atoms with Gasteiger partial charge in [0.05, 0.1) is 0 Å². The van der Waals surface area contributed by atoms with Gasteiger partial charge in [0, 0.05) is 6.04 Å². The van der Waals surface area contributed by atoms with Crippen LogP contribution in [0.25, 0.3) is 0 Å². The van der Waals surface area contributed by atoms with Crippen LogP contribution in [-0.2, 0) is 0 Å². The predicted molar refractivity (Wildman–Crippen MR) is 84.4 cm³/mol. The Balaban J connectivity index is 2.15. The molecule has 0 saturated carbocycles. The number of aryl methyl sites for hydroxylation is 1. The minimum Gasteiger partial charge on any atom is -0.457 e. The van der Waals surface area contributed by atoms with Crippen LogP contribution in [0.4, 0.5) is 0 Å². The molecule has 0 saturated heterocycles. The monoisotopic (exact) mass is 269 g/mol. The fourth-order valence-electron chi connectivity index (χ4n) is 2.33. The third-order valence-electron chi connectivity index (χ3n) is 3.50. The molecule has 2 heteroatoms. The molecule has 2 aromatic rings. The van der Waals surface area contributed by atoms with E-state index in [1.54, 1.807) is 0 Å². The van der Waals surface area contributed by atoms with Crippen molar-refractivity contribution in [1.29, 1.82) is 0 Å². The van der Waals surface area contributed by atoms with Crippen LogP contribution in [-0.4, -0.2) is 0 Å². The molecule has 0 spiro atoms. The standard InChI is InChI=1S/C18H23NO/c1-12(2)18-10-9-17(11-13(18)3)20-16-7-5-15(6-8-16)14(4)19/h5-12,14H,19H2,1-4H3. The van der Waals surface area contributed by atoms with Crippen LogP contribution >= 0.6 is 0 Å². The van der Waals surface area contributed by atoms with Gasteiger partial charge in [0.2, 0.25) is 0 Å². The van der Waals surface area contributed by atoms with E-state index in [4.69, 9.17) is 10.5 Å². The lowest BCUT2D eigenvalue weighted by Crippen LogP contribution is -2.04. The van der Waals surface area contributed by atoms with Gasteiger partial charge in [0.25, 0.3) is 0 Å². The van der Waals surface area contributed by atoms with Gasteiger partial charge in [-0.3, -0.25) is 0 Å². The summed E-state index contributed by atoms with van der Waals surface area (Å²) in [5.74, 6) is 2.25. The average molecular weight is 269 g/mol. The average Bonchev–Trinajstić information content (AvgIpc) is 2.39. The SMILES string of the molecule is Cc1cc(Oc2ccc(C(C)N)cc2)ccc1C(C)C. The van der Waals surface area contributed by atoms with Gasteiger partial charge in [-0.25, -0.2) is 0 Å². The van der Waals surface area contributed by atoms with E-state index in [1.165, 1.54) is 11.1 Å². The van der Waals surface area contributed by atoms with Crippen molar-refractivity contribution < 1.29 is 4.74 Å². The molecule has 2 N–H and O–H groups in total. The van der Waals surface area contributed by atoms with E-state index < -0.39 is 0 Å². The van der Waals surface area contributed by atoms with Crippen LogP contribution in [0.1, 0.15) is 49.4 Å². The van der Waals surface area contributed by atoms with E-state index in [9.17, 15) is 0 Å². The molecule has 1 unspecified atom stereocenters. The summed E-state index contributed by atoms with van der Waals surface area (Å²) in [4.78, 5) is 0. The summed E-state index contributed by atoms with van der Waals surface area (Å²) in [7, 11) is 0. The second kappa shape index (κ2) is 6.10. The molecule has 0 aliphatic heterocycles. The third-order valence-corrected chi connectivity index (χ3v) is 3.50. The van der Waals surface area contributed by atoms with Crippen LogP contribution < -0.4 is 10.5 Å². The van der Waals surface area contributed by atoms with Crippen molar-refractivity contribution in [3.05, 3.63) is 59.2 Å². The number of rotatable bonds is 4. The van der Waals surface area contributed by atoms with Gasteiger partial charge in [-0.2, -0.15) is 0 Å². The van der Waals surface area contributed by atoms with Crippen LogP contribution in [0.2, 0.25) is 0 Å². The van der Waals surface area contributed by atoms with Gasteiger partial charge in [-0.05, 0) is 60.7 Å². The van der Waals surface area contributed by atoms with Crippen molar-refractivity contribution in [2.45, 2.75) is 39.7 Å². The van der Waals surface area contributed by atoms with Crippen molar-refractivity contribution in [3.8, 4) is 11.5 Å². The Hall–Kier alpha value is -1.80. The lowest BCUT2D eigenvalue weighted by molar-refractivity contribution is 0.481. The highest BCUT2D eigenvalue weighted by atomic mass is 16.5. The molecule has 0 heterocycles. The summed E-state index contributed by atoms with van der Waals surface area (Å²) < 4.78 is 5.89. The molecule has 2 rings (SSSR count). The molecule has 0 aliphatic carbocycles. The van der Waals surface area contributed by atoms with E-state index in [2.05, 4.69) is 32.9 Å². The molecule has 20 heavy (non-hydrogen) atoms. The summed E-state index contributed by atoms with van der Waals surface area (Å²) in [5, 5.41) is 0. The van der Waals surface area contributed by atoms with Crippen molar-refractivity contribution in [2.75, 3.05) is 0 Å². The second-order valence-corrected chi connectivity index (χ2v) is 5.63. The van der Waals surface area contributed by atoms with Gasteiger partial charge in [-0.1, -0.05) is 32.0 Å². The maximum Gasteiger partial charge on any atom is 0.127 e. The summed E-state index contributed by atoms with van der Waals surface area (Å²) in [5.41, 5.74) is 9.59. The van der Waals surface area contributed by atoms with E-state index in [1.807, 2.05) is 37.3 Å². The maximum absolute atomic E-state index is 5.89. The molecular weight excluding hydrogens is 246 g/mol. The summed E-state index contributed by atoms with van der Waals surface area (Å²) in [6, 6.07) is 14.3. The highest BCUT2D eigenvalue weighted by Gasteiger charge is 2.06. The first-order valence-electron chi connectivity index (χ1n) is 7.11. The molecule has 0 aromatic heterocycles. The Kier molecular flexibility index (Phi) is 4.46. The summed E-state index contributed by atoms with van der Waals surface area (Å²) in [6.07, 6.45) is 0. The van der Waals surface area contributed by atoms with Crippen LogP contribution in [0, 0.1) is 6.92 Å². The minimum absolute atomic E-state index is 0.0524. The van der Waals surface area contributed by atoms with Gasteiger partial charge >= 0.3 is 0 Å². The smallest absolute Gasteiger partial charge is 0.127 e. The Morgan fingerprint density at radius 3 is 2.00 bits per heavy atom. The molecule has 0 amide bonds. The van der Waals surface area contributed by atoms with Gasteiger partial charge in [0.15, 0.2) is 0 Å². The minimum atomic E-state index is 0.0524. The first-order chi connectivity index (χ1) is 9.47.